The lowest BCUT2D eigenvalue weighted by Gasteiger charge is -2.13. The van der Waals surface area contributed by atoms with Crippen LogP contribution in [0.25, 0.3) is 0 Å². The lowest BCUT2D eigenvalue weighted by molar-refractivity contribution is 0.195. The minimum atomic E-state index is 0.779. The Kier molecular flexibility index (Phi) is 4.79. The summed E-state index contributed by atoms with van der Waals surface area (Å²) in [6.45, 7) is 6.33. The standard InChI is InChI=1S/C16H25NO/c1-12-9-14(5-4-8-18-3)10-15(13(12)2)11-17-16-6-7-16/h9-10,16-17H,4-8,11H2,1-3H3. The highest BCUT2D eigenvalue weighted by atomic mass is 16.5. The van der Waals surface area contributed by atoms with Crippen molar-refractivity contribution >= 4 is 0 Å². The highest BCUT2D eigenvalue weighted by Crippen LogP contribution is 2.22. The summed E-state index contributed by atoms with van der Waals surface area (Å²) in [6.07, 6.45) is 4.93. The predicted octanol–water partition coefficient (Wildman–Crippen LogP) is 3.13. The number of hydrogen-bond acceptors (Lipinski definition) is 2. The first-order valence-corrected chi connectivity index (χ1v) is 7.02. The van der Waals surface area contributed by atoms with E-state index in [1.165, 1.54) is 35.1 Å². The van der Waals surface area contributed by atoms with Crippen LogP contribution in [0, 0.1) is 13.8 Å². The van der Waals surface area contributed by atoms with Crippen molar-refractivity contribution in [3.63, 3.8) is 0 Å². The molecule has 0 heterocycles. The van der Waals surface area contributed by atoms with Gasteiger partial charge in [-0.3, -0.25) is 0 Å². The van der Waals surface area contributed by atoms with Crippen LogP contribution >= 0.6 is 0 Å². The number of methoxy groups -OCH3 is 1. The molecule has 0 spiro atoms. The Morgan fingerprint density at radius 2 is 2.06 bits per heavy atom. The lowest BCUT2D eigenvalue weighted by atomic mass is 9.97. The summed E-state index contributed by atoms with van der Waals surface area (Å²) < 4.78 is 5.12. The smallest absolute Gasteiger partial charge is 0.0465 e. The zero-order chi connectivity index (χ0) is 13.0. The molecule has 2 rings (SSSR count). The Bertz CT molecular complexity index is 396. The molecule has 1 aliphatic rings. The van der Waals surface area contributed by atoms with Crippen LogP contribution in [0.15, 0.2) is 12.1 Å². The zero-order valence-electron chi connectivity index (χ0n) is 11.9. The Labute approximate surface area is 111 Å². The molecule has 0 bridgehead atoms. The highest BCUT2D eigenvalue weighted by Gasteiger charge is 2.20. The van der Waals surface area contributed by atoms with Crippen LogP contribution in [0.5, 0.6) is 0 Å². The van der Waals surface area contributed by atoms with E-state index in [1.807, 2.05) is 0 Å². The van der Waals surface area contributed by atoms with Gasteiger partial charge in [0.15, 0.2) is 0 Å². The fourth-order valence-corrected chi connectivity index (χ4v) is 2.30. The van der Waals surface area contributed by atoms with Gasteiger partial charge in [0.25, 0.3) is 0 Å². The van der Waals surface area contributed by atoms with Crippen molar-refractivity contribution < 1.29 is 4.74 Å². The van der Waals surface area contributed by atoms with Crippen LogP contribution in [0.2, 0.25) is 0 Å². The van der Waals surface area contributed by atoms with E-state index in [1.54, 1.807) is 7.11 Å². The maximum atomic E-state index is 5.12. The Hall–Kier alpha value is -0.860. The number of nitrogens with one attached hydrogen (secondary N) is 1. The SMILES string of the molecule is COCCCc1cc(C)c(C)c(CNC2CC2)c1. The maximum Gasteiger partial charge on any atom is 0.0465 e. The van der Waals surface area contributed by atoms with E-state index < -0.39 is 0 Å². The van der Waals surface area contributed by atoms with E-state index in [9.17, 15) is 0 Å². The summed E-state index contributed by atoms with van der Waals surface area (Å²) in [6, 6.07) is 5.47. The minimum Gasteiger partial charge on any atom is -0.385 e. The average Bonchev–Trinajstić information content (AvgIpc) is 3.16. The molecule has 1 N–H and O–H groups in total. The first kappa shape index (κ1) is 13.6. The van der Waals surface area contributed by atoms with E-state index in [0.29, 0.717) is 0 Å². The minimum absolute atomic E-state index is 0.779. The molecule has 18 heavy (non-hydrogen) atoms. The van der Waals surface area contributed by atoms with Crippen molar-refractivity contribution in [3.8, 4) is 0 Å². The van der Waals surface area contributed by atoms with Crippen LogP contribution in [0.4, 0.5) is 0 Å². The van der Waals surface area contributed by atoms with Gasteiger partial charge in [0.2, 0.25) is 0 Å². The quantitative estimate of drug-likeness (QED) is 0.747. The van der Waals surface area contributed by atoms with Gasteiger partial charge in [0.1, 0.15) is 0 Å². The molecule has 1 aromatic carbocycles. The maximum absolute atomic E-state index is 5.12. The van der Waals surface area contributed by atoms with E-state index in [4.69, 9.17) is 4.74 Å². The average molecular weight is 247 g/mol. The molecule has 1 aliphatic carbocycles. The topological polar surface area (TPSA) is 21.3 Å². The van der Waals surface area contributed by atoms with Crippen molar-refractivity contribution in [2.75, 3.05) is 13.7 Å². The van der Waals surface area contributed by atoms with Gasteiger partial charge < -0.3 is 10.1 Å². The fraction of sp³-hybridized carbons (Fsp3) is 0.625. The van der Waals surface area contributed by atoms with Crippen LogP contribution in [0.3, 0.4) is 0 Å². The molecule has 100 valence electrons. The Balaban J connectivity index is 2.00. The molecule has 0 aromatic heterocycles. The van der Waals surface area contributed by atoms with Crippen LogP contribution in [-0.4, -0.2) is 19.8 Å². The first-order chi connectivity index (χ1) is 8.70. The van der Waals surface area contributed by atoms with Gasteiger partial charge in [-0.05, 0) is 61.8 Å². The van der Waals surface area contributed by atoms with Crippen LogP contribution < -0.4 is 5.32 Å². The molecule has 0 radical (unpaired) electrons. The third-order valence-electron chi connectivity index (χ3n) is 3.81. The van der Waals surface area contributed by atoms with E-state index in [2.05, 4.69) is 31.3 Å². The molecule has 1 aromatic rings. The Morgan fingerprint density at radius 3 is 2.72 bits per heavy atom. The summed E-state index contributed by atoms with van der Waals surface area (Å²) in [7, 11) is 1.77. The van der Waals surface area contributed by atoms with Crippen molar-refractivity contribution in [2.45, 2.75) is 52.1 Å². The van der Waals surface area contributed by atoms with Crippen molar-refractivity contribution in [3.05, 3.63) is 34.4 Å². The second kappa shape index (κ2) is 6.35. The number of rotatable bonds is 7. The molecule has 0 atom stereocenters. The molecule has 0 aliphatic heterocycles. The van der Waals surface area contributed by atoms with Gasteiger partial charge in [-0.15, -0.1) is 0 Å². The summed E-state index contributed by atoms with van der Waals surface area (Å²) in [5.41, 5.74) is 5.77. The second-order valence-corrected chi connectivity index (χ2v) is 5.45. The van der Waals surface area contributed by atoms with Gasteiger partial charge in [0, 0.05) is 26.3 Å². The van der Waals surface area contributed by atoms with Crippen molar-refractivity contribution in [1.82, 2.24) is 5.32 Å². The van der Waals surface area contributed by atoms with Crippen LogP contribution in [0.1, 0.15) is 41.5 Å². The normalized spacial score (nSPS) is 15.1. The fourth-order valence-electron chi connectivity index (χ4n) is 2.30. The van der Waals surface area contributed by atoms with Crippen molar-refractivity contribution in [1.29, 1.82) is 0 Å². The number of ether oxygens (including phenoxy) is 1. The molecule has 0 unspecified atom stereocenters. The molecule has 0 amide bonds. The summed E-state index contributed by atoms with van der Waals surface area (Å²) >= 11 is 0. The van der Waals surface area contributed by atoms with Gasteiger partial charge in [-0.25, -0.2) is 0 Å². The lowest BCUT2D eigenvalue weighted by Crippen LogP contribution is -2.16. The third-order valence-corrected chi connectivity index (χ3v) is 3.81. The molecule has 1 saturated carbocycles. The largest absolute Gasteiger partial charge is 0.385 e. The zero-order valence-corrected chi connectivity index (χ0v) is 11.9. The summed E-state index contributed by atoms with van der Waals surface area (Å²) in [4.78, 5) is 0. The number of benzene rings is 1. The summed E-state index contributed by atoms with van der Waals surface area (Å²) in [5, 5.41) is 3.61. The molecule has 2 heteroatoms. The highest BCUT2D eigenvalue weighted by molar-refractivity contribution is 5.37. The van der Waals surface area contributed by atoms with Gasteiger partial charge >= 0.3 is 0 Å². The molecule has 0 saturated heterocycles. The van der Waals surface area contributed by atoms with Gasteiger partial charge in [-0.2, -0.15) is 0 Å². The monoisotopic (exact) mass is 247 g/mol. The van der Waals surface area contributed by atoms with Gasteiger partial charge in [-0.1, -0.05) is 12.1 Å². The van der Waals surface area contributed by atoms with E-state index >= 15 is 0 Å². The molecular weight excluding hydrogens is 222 g/mol. The number of hydrogen-bond donors (Lipinski definition) is 1. The number of aryl methyl sites for hydroxylation is 2. The van der Waals surface area contributed by atoms with E-state index in [-0.39, 0.29) is 0 Å². The first-order valence-electron chi connectivity index (χ1n) is 7.02. The van der Waals surface area contributed by atoms with E-state index in [0.717, 1.165) is 32.0 Å². The molecule has 1 fully saturated rings. The predicted molar refractivity (Wildman–Crippen MR) is 76.0 cm³/mol. The van der Waals surface area contributed by atoms with Crippen LogP contribution in [-0.2, 0) is 17.7 Å². The summed E-state index contributed by atoms with van der Waals surface area (Å²) in [5.74, 6) is 0. The second-order valence-electron chi connectivity index (χ2n) is 5.45. The van der Waals surface area contributed by atoms with Gasteiger partial charge in [0.05, 0.1) is 0 Å². The molecular formula is C16H25NO. The van der Waals surface area contributed by atoms with Crippen molar-refractivity contribution in [2.24, 2.45) is 0 Å². The Morgan fingerprint density at radius 1 is 1.28 bits per heavy atom. The third kappa shape index (κ3) is 3.82. The molecule has 2 nitrogen and oxygen atoms in total.